The van der Waals surface area contributed by atoms with Crippen LogP contribution < -0.4 is 5.14 Å². The lowest BCUT2D eigenvalue weighted by Gasteiger charge is -2.01. The Kier molecular flexibility index (Phi) is 3.31. The Morgan fingerprint density at radius 1 is 1.47 bits per heavy atom. The number of nitrogens with two attached hydrogens (primary N) is 1. The summed E-state index contributed by atoms with van der Waals surface area (Å²) in [5.41, 5.74) is 0.629. The van der Waals surface area contributed by atoms with E-state index in [1.54, 1.807) is 16.8 Å². The summed E-state index contributed by atoms with van der Waals surface area (Å²) in [6, 6.07) is 0. The van der Waals surface area contributed by atoms with Crippen LogP contribution in [-0.4, -0.2) is 39.5 Å². The highest BCUT2D eigenvalue weighted by Crippen LogP contribution is 2.19. The van der Waals surface area contributed by atoms with Crippen molar-refractivity contribution in [2.45, 2.75) is 11.9 Å². The Bertz CT molecular complexity index is 636. The molecule has 7 nitrogen and oxygen atoms in total. The minimum atomic E-state index is -3.43. The van der Waals surface area contributed by atoms with Gasteiger partial charge in [0.05, 0.1) is 5.75 Å². The van der Waals surface area contributed by atoms with Crippen molar-refractivity contribution in [3.63, 3.8) is 0 Å². The molecule has 2 heterocycles. The van der Waals surface area contributed by atoms with Crippen LogP contribution in [0.15, 0.2) is 17.4 Å². The van der Waals surface area contributed by atoms with Crippen molar-refractivity contribution >= 4 is 27.4 Å². The van der Waals surface area contributed by atoms with Crippen LogP contribution in [0.3, 0.4) is 0 Å². The number of aryl methyl sites for hydroxylation is 1. The molecule has 92 valence electrons. The zero-order chi connectivity index (χ0) is 12.5. The third kappa shape index (κ3) is 2.93. The lowest BCUT2D eigenvalue weighted by atomic mass is 10.6. The molecule has 0 saturated heterocycles. The van der Waals surface area contributed by atoms with Crippen molar-refractivity contribution in [1.82, 2.24) is 19.6 Å². The molecule has 17 heavy (non-hydrogen) atoms. The van der Waals surface area contributed by atoms with E-state index >= 15 is 0 Å². The van der Waals surface area contributed by atoms with Crippen molar-refractivity contribution in [3.05, 3.63) is 18.2 Å². The summed E-state index contributed by atoms with van der Waals surface area (Å²) in [5, 5.41) is 13.5. The number of aromatic nitrogens is 4. The molecule has 2 aromatic rings. The van der Waals surface area contributed by atoms with Crippen LogP contribution in [0.4, 0.5) is 0 Å². The van der Waals surface area contributed by atoms with Gasteiger partial charge in [0.2, 0.25) is 10.0 Å². The van der Waals surface area contributed by atoms with Gasteiger partial charge in [-0.1, -0.05) is 0 Å². The second-order valence-electron chi connectivity index (χ2n) is 3.39. The average Bonchev–Trinajstić information content (AvgIpc) is 2.60. The average molecular weight is 273 g/mol. The van der Waals surface area contributed by atoms with E-state index in [4.69, 9.17) is 5.14 Å². The minimum absolute atomic E-state index is 0.0898. The standard InChI is InChI=1S/C8H11N5O2S2/c1-6-11-12-7-8(10-2-3-13(6)7)16-4-5-17(9,14)15/h2-3H,4-5H2,1H3,(H2,9,14,15). The van der Waals surface area contributed by atoms with Crippen LogP contribution in [0.2, 0.25) is 0 Å². The van der Waals surface area contributed by atoms with E-state index in [0.717, 1.165) is 5.82 Å². The highest BCUT2D eigenvalue weighted by Gasteiger charge is 2.09. The van der Waals surface area contributed by atoms with Gasteiger partial charge in [0.25, 0.3) is 0 Å². The molecule has 0 aromatic carbocycles. The molecule has 0 fully saturated rings. The Balaban J connectivity index is 2.19. The third-order valence-corrected chi connectivity index (χ3v) is 4.07. The fraction of sp³-hybridized carbons (Fsp3) is 0.375. The van der Waals surface area contributed by atoms with E-state index in [2.05, 4.69) is 15.2 Å². The first-order valence-corrected chi connectivity index (χ1v) is 7.47. The summed E-state index contributed by atoms with van der Waals surface area (Å²) in [4.78, 5) is 4.14. The third-order valence-electron chi connectivity index (χ3n) is 2.07. The lowest BCUT2D eigenvalue weighted by molar-refractivity contribution is 0.599. The molecule has 0 atom stereocenters. The zero-order valence-corrected chi connectivity index (χ0v) is 10.7. The van der Waals surface area contributed by atoms with E-state index in [0.29, 0.717) is 16.4 Å². The van der Waals surface area contributed by atoms with E-state index in [9.17, 15) is 8.42 Å². The van der Waals surface area contributed by atoms with E-state index in [1.165, 1.54) is 11.8 Å². The Morgan fingerprint density at radius 3 is 2.94 bits per heavy atom. The van der Waals surface area contributed by atoms with Crippen LogP contribution in [-0.2, 0) is 10.0 Å². The molecular formula is C8H11N5O2S2. The molecule has 2 aromatic heterocycles. The maximum absolute atomic E-state index is 10.8. The molecule has 0 saturated carbocycles. The van der Waals surface area contributed by atoms with Gasteiger partial charge in [-0.3, -0.25) is 4.40 Å². The predicted molar refractivity (Wildman–Crippen MR) is 64.2 cm³/mol. The van der Waals surface area contributed by atoms with E-state index < -0.39 is 10.0 Å². The Morgan fingerprint density at radius 2 is 2.24 bits per heavy atom. The first kappa shape index (κ1) is 12.3. The number of thioether (sulfide) groups is 1. The second-order valence-corrected chi connectivity index (χ2v) is 6.21. The molecule has 0 aliphatic heterocycles. The monoisotopic (exact) mass is 273 g/mol. The Labute approximate surface area is 102 Å². The normalized spacial score (nSPS) is 12.1. The quantitative estimate of drug-likeness (QED) is 0.775. The van der Waals surface area contributed by atoms with Crippen molar-refractivity contribution in [2.75, 3.05) is 11.5 Å². The molecule has 9 heteroatoms. The molecule has 0 aliphatic rings. The molecule has 0 spiro atoms. The summed E-state index contributed by atoms with van der Waals surface area (Å²) in [7, 11) is -3.43. The smallest absolute Gasteiger partial charge is 0.209 e. The summed E-state index contributed by atoms with van der Waals surface area (Å²) < 4.78 is 23.4. The van der Waals surface area contributed by atoms with Gasteiger partial charge in [0, 0.05) is 18.1 Å². The molecule has 0 bridgehead atoms. The molecule has 2 N–H and O–H groups in total. The van der Waals surface area contributed by atoms with Crippen molar-refractivity contribution in [1.29, 1.82) is 0 Å². The predicted octanol–water partition coefficient (Wildman–Crippen LogP) is -0.187. The maximum Gasteiger partial charge on any atom is 0.209 e. The van der Waals surface area contributed by atoms with Crippen LogP contribution in [0.25, 0.3) is 5.65 Å². The van der Waals surface area contributed by atoms with Crippen LogP contribution >= 0.6 is 11.8 Å². The summed E-state index contributed by atoms with van der Waals surface area (Å²) in [5.74, 6) is 1.01. The lowest BCUT2D eigenvalue weighted by Crippen LogP contribution is -2.17. The van der Waals surface area contributed by atoms with Crippen molar-refractivity contribution in [2.24, 2.45) is 5.14 Å². The number of primary sulfonamides is 1. The van der Waals surface area contributed by atoms with Gasteiger partial charge in [0.1, 0.15) is 10.9 Å². The maximum atomic E-state index is 10.8. The topological polar surface area (TPSA) is 103 Å². The van der Waals surface area contributed by atoms with Crippen molar-refractivity contribution in [3.8, 4) is 0 Å². The Hall–Kier alpha value is -1.19. The number of hydrogen-bond donors (Lipinski definition) is 1. The molecule has 0 aliphatic carbocycles. The fourth-order valence-electron chi connectivity index (χ4n) is 1.28. The highest BCUT2D eigenvalue weighted by atomic mass is 32.2. The zero-order valence-electron chi connectivity index (χ0n) is 9.07. The largest absolute Gasteiger partial charge is 0.283 e. The van der Waals surface area contributed by atoms with Crippen molar-refractivity contribution < 1.29 is 8.42 Å². The SMILES string of the molecule is Cc1nnc2c(SCCS(N)(=O)=O)nccn12. The van der Waals surface area contributed by atoms with Gasteiger partial charge in [-0.15, -0.1) is 22.0 Å². The van der Waals surface area contributed by atoms with Crippen LogP contribution in [0, 0.1) is 6.92 Å². The van der Waals surface area contributed by atoms with Crippen LogP contribution in [0.1, 0.15) is 5.82 Å². The first-order valence-electron chi connectivity index (χ1n) is 4.77. The van der Waals surface area contributed by atoms with E-state index in [-0.39, 0.29) is 5.75 Å². The minimum Gasteiger partial charge on any atom is -0.283 e. The summed E-state index contributed by atoms with van der Waals surface area (Å²) in [6.07, 6.45) is 3.39. The number of fused-ring (bicyclic) bond motifs is 1. The van der Waals surface area contributed by atoms with Gasteiger partial charge < -0.3 is 0 Å². The van der Waals surface area contributed by atoms with Gasteiger partial charge in [-0.25, -0.2) is 18.5 Å². The molecule has 0 amide bonds. The number of hydrogen-bond acceptors (Lipinski definition) is 6. The van der Waals surface area contributed by atoms with Crippen LogP contribution in [0.5, 0.6) is 0 Å². The number of nitrogens with zero attached hydrogens (tertiary/aromatic N) is 4. The molecular weight excluding hydrogens is 262 g/mol. The fourth-order valence-corrected chi connectivity index (χ4v) is 3.13. The molecule has 2 rings (SSSR count). The molecule has 0 radical (unpaired) electrons. The van der Waals surface area contributed by atoms with Gasteiger partial charge in [-0.2, -0.15) is 0 Å². The van der Waals surface area contributed by atoms with E-state index in [1.807, 2.05) is 6.92 Å². The second kappa shape index (κ2) is 4.59. The first-order chi connectivity index (χ1) is 7.97. The van der Waals surface area contributed by atoms with Gasteiger partial charge >= 0.3 is 0 Å². The van der Waals surface area contributed by atoms with Gasteiger partial charge in [0.15, 0.2) is 5.65 Å². The highest BCUT2D eigenvalue weighted by molar-refractivity contribution is 8.00. The summed E-state index contributed by atoms with van der Waals surface area (Å²) >= 11 is 1.30. The molecule has 0 unspecified atom stereocenters. The van der Waals surface area contributed by atoms with Gasteiger partial charge in [-0.05, 0) is 6.92 Å². The summed E-state index contributed by atoms with van der Waals surface area (Å²) in [6.45, 7) is 1.83. The number of sulfonamides is 1. The number of rotatable bonds is 4.